The van der Waals surface area contributed by atoms with Crippen molar-refractivity contribution in [3.63, 3.8) is 0 Å². The molecule has 1 aliphatic rings. The minimum absolute atomic E-state index is 0.140. The van der Waals surface area contributed by atoms with Crippen molar-refractivity contribution in [1.82, 2.24) is 0 Å². The number of carbonyl (C=O) groups excluding carboxylic acids is 1. The first kappa shape index (κ1) is 13.0. The largest absolute Gasteiger partial charge is 0.478 e. The minimum Gasteiger partial charge on any atom is -0.478 e. The summed E-state index contributed by atoms with van der Waals surface area (Å²) in [5, 5.41) is 12.1. The van der Waals surface area contributed by atoms with Gasteiger partial charge in [0.15, 0.2) is 0 Å². The Bertz CT molecular complexity index is 463. The second-order valence-electron chi connectivity index (χ2n) is 4.25. The monoisotopic (exact) mass is 269 g/mol. The molecular formula is C12H15NO4S. The molecule has 2 heterocycles. The third-order valence-corrected chi connectivity index (χ3v) is 3.76. The van der Waals surface area contributed by atoms with Crippen LogP contribution in [0.5, 0.6) is 0 Å². The van der Waals surface area contributed by atoms with E-state index in [4.69, 9.17) is 9.84 Å². The van der Waals surface area contributed by atoms with Gasteiger partial charge in [-0.1, -0.05) is 0 Å². The lowest BCUT2D eigenvalue weighted by atomic mass is 10.1. The molecule has 1 aliphatic heterocycles. The SMILES string of the molecule is Cc1cc(C(=O)O)c(NC(=O)C2CCCCO2)s1. The van der Waals surface area contributed by atoms with Crippen LogP contribution in [-0.4, -0.2) is 29.7 Å². The van der Waals surface area contributed by atoms with Crippen molar-refractivity contribution in [2.24, 2.45) is 0 Å². The van der Waals surface area contributed by atoms with Gasteiger partial charge in [0.2, 0.25) is 0 Å². The summed E-state index contributed by atoms with van der Waals surface area (Å²) in [6, 6.07) is 1.56. The molecule has 0 spiro atoms. The van der Waals surface area contributed by atoms with Crippen LogP contribution in [0.3, 0.4) is 0 Å². The maximum atomic E-state index is 11.9. The summed E-state index contributed by atoms with van der Waals surface area (Å²) in [5.74, 6) is -1.28. The van der Waals surface area contributed by atoms with E-state index in [1.807, 2.05) is 6.92 Å². The molecule has 1 aromatic rings. The molecule has 0 saturated carbocycles. The molecule has 5 nitrogen and oxygen atoms in total. The van der Waals surface area contributed by atoms with E-state index in [0.29, 0.717) is 18.0 Å². The second-order valence-corrected chi connectivity index (χ2v) is 5.51. The van der Waals surface area contributed by atoms with E-state index in [9.17, 15) is 9.59 Å². The Morgan fingerprint density at radius 2 is 2.28 bits per heavy atom. The van der Waals surface area contributed by atoms with Crippen LogP contribution in [0.4, 0.5) is 5.00 Å². The number of carboxylic acid groups (broad SMARTS) is 1. The number of nitrogens with one attached hydrogen (secondary N) is 1. The van der Waals surface area contributed by atoms with Crippen molar-refractivity contribution in [1.29, 1.82) is 0 Å². The van der Waals surface area contributed by atoms with Gasteiger partial charge in [-0.3, -0.25) is 4.79 Å². The highest BCUT2D eigenvalue weighted by molar-refractivity contribution is 7.16. The molecule has 1 atom stereocenters. The molecule has 0 aliphatic carbocycles. The molecule has 1 aromatic heterocycles. The summed E-state index contributed by atoms with van der Waals surface area (Å²) in [6.07, 6.45) is 2.18. The number of anilines is 1. The van der Waals surface area contributed by atoms with Crippen molar-refractivity contribution in [2.75, 3.05) is 11.9 Å². The van der Waals surface area contributed by atoms with Crippen molar-refractivity contribution in [3.05, 3.63) is 16.5 Å². The number of ether oxygens (including phenoxy) is 1. The Kier molecular flexibility index (Phi) is 3.98. The number of aryl methyl sites for hydroxylation is 1. The molecule has 2 N–H and O–H groups in total. The molecule has 0 radical (unpaired) electrons. The zero-order chi connectivity index (χ0) is 13.1. The maximum absolute atomic E-state index is 11.9. The zero-order valence-corrected chi connectivity index (χ0v) is 10.9. The van der Waals surface area contributed by atoms with E-state index in [0.717, 1.165) is 17.7 Å². The third kappa shape index (κ3) is 2.88. The second kappa shape index (κ2) is 5.49. The van der Waals surface area contributed by atoms with E-state index in [1.165, 1.54) is 11.3 Å². The molecule has 1 fully saturated rings. The fraction of sp³-hybridized carbons (Fsp3) is 0.500. The summed E-state index contributed by atoms with van der Waals surface area (Å²) in [5.41, 5.74) is 0.140. The van der Waals surface area contributed by atoms with E-state index >= 15 is 0 Å². The van der Waals surface area contributed by atoms with Crippen LogP contribution in [0.2, 0.25) is 0 Å². The molecule has 6 heteroatoms. The molecule has 1 saturated heterocycles. The fourth-order valence-electron chi connectivity index (χ4n) is 1.91. The number of carbonyl (C=O) groups is 2. The Morgan fingerprint density at radius 1 is 1.50 bits per heavy atom. The van der Waals surface area contributed by atoms with Gasteiger partial charge in [0.25, 0.3) is 5.91 Å². The summed E-state index contributed by atoms with van der Waals surface area (Å²) in [6.45, 7) is 2.40. The quantitative estimate of drug-likeness (QED) is 0.882. The molecule has 18 heavy (non-hydrogen) atoms. The summed E-state index contributed by atoms with van der Waals surface area (Å²) in [4.78, 5) is 23.8. The van der Waals surface area contributed by atoms with Crippen molar-refractivity contribution in [2.45, 2.75) is 32.3 Å². The van der Waals surface area contributed by atoms with Gasteiger partial charge in [-0.15, -0.1) is 11.3 Å². The van der Waals surface area contributed by atoms with Crippen LogP contribution in [0.1, 0.15) is 34.5 Å². The summed E-state index contributed by atoms with van der Waals surface area (Å²) >= 11 is 1.27. The van der Waals surface area contributed by atoms with Gasteiger partial charge in [0, 0.05) is 11.5 Å². The van der Waals surface area contributed by atoms with E-state index in [2.05, 4.69) is 5.32 Å². The number of hydrogen-bond acceptors (Lipinski definition) is 4. The lowest BCUT2D eigenvalue weighted by Gasteiger charge is -2.21. The first-order valence-electron chi connectivity index (χ1n) is 5.84. The van der Waals surface area contributed by atoms with Gasteiger partial charge in [0.05, 0.1) is 5.56 Å². The van der Waals surface area contributed by atoms with Gasteiger partial charge in [-0.2, -0.15) is 0 Å². The minimum atomic E-state index is -1.03. The number of amides is 1. The summed E-state index contributed by atoms with van der Waals surface area (Å²) in [7, 11) is 0. The Hall–Kier alpha value is -1.40. The standard InChI is InChI=1S/C12H15NO4S/c1-7-6-8(12(15)16)11(18-7)13-10(14)9-4-2-3-5-17-9/h6,9H,2-5H2,1H3,(H,13,14)(H,15,16). The highest BCUT2D eigenvalue weighted by atomic mass is 32.1. The van der Waals surface area contributed by atoms with Crippen LogP contribution in [-0.2, 0) is 9.53 Å². The molecular weight excluding hydrogens is 254 g/mol. The highest BCUT2D eigenvalue weighted by Gasteiger charge is 2.24. The van der Waals surface area contributed by atoms with Gasteiger partial charge in [-0.05, 0) is 32.3 Å². The van der Waals surface area contributed by atoms with E-state index in [1.54, 1.807) is 6.07 Å². The Balaban J connectivity index is 2.08. The van der Waals surface area contributed by atoms with Crippen LogP contribution in [0.25, 0.3) is 0 Å². The maximum Gasteiger partial charge on any atom is 0.338 e. The molecule has 0 bridgehead atoms. The van der Waals surface area contributed by atoms with Crippen molar-refractivity contribution in [3.8, 4) is 0 Å². The number of hydrogen-bond donors (Lipinski definition) is 2. The normalized spacial score (nSPS) is 19.5. The highest BCUT2D eigenvalue weighted by Crippen LogP contribution is 2.28. The first-order chi connectivity index (χ1) is 8.58. The molecule has 2 rings (SSSR count). The number of thiophene rings is 1. The van der Waals surface area contributed by atoms with Crippen LogP contribution in [0.15, 0.2) is 6.07 Å². The zero-order valence-electron chi connectivity index (χ0n) is 10.1. The van der Waals surface area contributed by atoms with Gasteiger partial charge in [0.1, 0.15) is 11.1 Å². The smallest absolute Gasteiger partial charge is 0.338 e. The lowest BCUT2D eigenvalue weighted by Crippen LogP contribution is -2.33. The number of aromatic carboxylic acids is 1. The number of carboxylic acids is 1. The van der Waals surface area contributed by atoms with Gasteiger partial charge in [-0.25, -0.2) is 4.79 Å². The number of rotatable bonds is 3. The third-order valence-electron chi connectivity index (χ3n) is 2.79. The average molecular weight is 269 g/mol. The van der Waals surface area contributed by atoms with Crippen LogP contribution >= 0.6 is 11.3 Å². The van der Waals surface area contributed by atoms with Crippen molar-refractivity contribution < 1.29 is 19.4 Å². The van der Waals surface area contributed by atoms with E-state index in [-0.39, 0.29) is 11.5 Å². The summed E-state index contributed by atoms with van der Waals surface area (Å²) < 4.78 is 5.36. The molecule has 98 valence electrons. The predicted molar refractivity (Wildman–Crippen MR) is 68.2 cm³/mol. The topological polar surface area (TPSA) is 75.6 Å². The molecule has 0 aromatic carbocycles. The van der Waals surface area contributed by atoms with E-state index < -0.39 is 12.1 Å². The average Bonchev–Trinajstić information content (AvgIpc) is 2.71. The molecule has 1 amide bonds. The van der Waals surface area contributed by atoms with Crippen molar-refractivity contribution >= 4 is 28.2 Å². The van der Waals surface area contributed by atoms with Crippen LogP contribution in [0, 0.1) is 6.92 Å². The van der Waals surface area contributed by atoms with Gasteiger partial charge < -0.3 is 15.2 Å². The fourth-order valence-corrected chi connectivity index (χ4v) is 2.81. The van der Waals surface area contributed by atoms with Crippen LogP contribution < -0.4 is 5.32 Å². The Morgan fingerprint density at radius 3 is 2.89 bits per heavy atom. The van der Waals surface area contributed by atoms with Gasteiger partial charge >= 0.3 is 5.97 Å². The predicted octanol–water partition coefficient (Wildman–Crippen LogP) is 2.26. The first-order valence-corrected chi connectivity index (χ1v) is 6.66. The Labute approximate surface area is 109 Å². The lowest BCUT2D eigenvalue weighted by molar-refractivity contribution is -0.129. The molecule has 1 unspecified atom stereocenters.